The Labute approximate surface area is 113 Å². The second-order valence-corrected chi connectivity index (χ2v) is 4.23. The van der Waals surface area contributed by atoms with Gasteiger partial charge in [-0.15, -0.1) is 0 Å². The van der Waals surface area contributed by atoms with Crippen molar-refractivity contribution in [3.8, 4) is 11.5 Å². The van der Waals surface area contributed by atoms with Crippen LogP contribution in [0.15, 0.2) is 27.2 Å². The smallest absolute Gasteiger partial charge is 0.196 e. The van der Waals surface area contributed by atoms with E-state index in [2.05, 4.69) is 17.2 Å². The van der Waals surface area contributed by atoms with E-state index in [9.17, 15) is 0 Å². The molecule has 0 aromatic carbocycles. The van der Waals surface area contributed by atoms with E-state index in [1.165, 1.54) is 0 Å². The second kappa shape index (κ2) is 7.11. The van der Waals surface area contributed by atoms with Crippen molar-refractivity contribution in [3.05, 3.63) is 30.0 Å². The predicted molar refractivity (Wildman–Crippen MR) is 72.0 cm³/mol. The lowest BCUT2D eigenvalue weighted by atomic mass is 10.3. The Balaban J connectivity index is 1.84. The Kier molecular flexibility index (Phi) is 5.18. The number of methoxy groups -OCH3 is 1. The highest BCUT2D eigenvalue weighted by molar-refractivity contribution is 5.48. The molecule has 2 heterocycles. The third-order valence-corrected chi connectivity index (χ3v) is 2.81. The van der Waals surface area contributed by atoms with Gasteiger partial charge in [-0.3, -0.25) is 0 Å². The molecule has 0 atom stereocenters. The largest absolute Gasteiger partial charge is 0.458 e. The van der Waals surface area contributed by atoms with Crippen LogP contribution in [0.4, 0.5) is 0 Å². The fourth-order valence-electron chi connectivity index (χ4n) is 1.73. The number of aromatic nitrogens is 1. The predicted octanol–water partition coefficient (Wildman–Crippen LogP) is 2.28. The minimum Gasteiger partial charge on any atom is -0.458 e. The van der Waals surface area contributed by atoms with Gasteiger partial charge < -0.3 is 18.9 Å². The van der Waals surface area contributed by atoms with Crippen molar-refractivity contribution in [3.63, 3.8) is 0 Å². The summed E-state index contributed by atoms with van der Waals surface area (Å²) in [5.41, 5.74) is 0. The lowest BCUT2D eigenvalue weighted by Gasteiger charge is -2.00. The molecule has 0 saturated heterocycles. The van der Waals surface area contributed by atoms with Crippen LogP contribution in [0.3, 0.4) is 0 Å². The molecule has 19 heavy (non-hydrogen) atoms. The maximum absolute atomic E-state index is 5.66. The lowest BCUT2D eigenvalue weighted by molar-refractivity contribution is 0.199. The highest BCUT2D eigenvalue weighted by atomic mass is 16.5. The zero-order valence-corrected chi connectivity index (χ0v) is 11.4. The molecule has 0 spiro atoms. The number of aryl methyl sites for hydroxylation is 1. The molecule has 2 aromatic rings. The van der Waals surface area contributed by atoms with Gasteiger partial charge in [0.15, 0.2) is 17.4 Å². The van der Waals surface area contributed by atoms with E-state index in [1.54, 1.807) is 13.3 Å². The minimum absolute atomic E-state index is 0.687. The molecule has 5 heteroatoms. The van der Waals surface area contributed by atoms with Crippen molar-refractivity contribution in [1.29, 1.82) is 0 Å². The van der Waals surface area contributed by atoms with Crippen molar-refractivity contribution in [1.82, 2.24) is 10.3 Å². The summed E-state index contributed by atoms with van der Waals surface area (Å²) >= 11 is 0. The van der Waals surface area contributed by atoms with Crippen LogP contribution < -0.4 is 5.32 Å². The van der Waals surface area contributed by atoms with E-state index >= 15 is 0 Å². The molecule has 0 aliphatic carbocycles. The van der Waals surface area contributed by atoms with Gasteiger partial charge in [0.05, 0.1) is 12.8 Å². The molecule has 0 saturated carbocycles. The number of hydrogen-bond donors (Lipinski definition) is 1. The van der Waals surface area contributed by atoms with Gasteiger partial charge in [-0.25, -0.2) is 4.98 Å². The maximum Gasteiger partial charge on any atom is 0.196 e. The van der Waals surface area contributed by atoms with Crippen molar-refractivity contribution in [2.45, 2.75) is 19.8 Å². The zero-order chi connectivity index (χ0) is 13.5. The molecule has 0 amide bonds. The van der Waals surface area contributed by atoms with Gasteiger partial charge in [0.25, 0.3) is 0 Å². The summed E-state index contributed by atoms with van der Waals surface area (Å²) in [4.78, 5) is 4.25. The number of rotatable bonds is 8. The Morgan fingerprint density at radius 1 is 1.21 bits per heavy atom. The van der Waals surface area contributed by atoms with Crippen LogP contribution in [0.25, 0.3) is 11.5 Å². The van der Waals surface area contributed by atoms with E-state index in [4.69, 9.17) is 13.6 Å². The summed E-state index contributed by atoms with van der Waals surface area (Å²) in [6.45, 7) is 4.42. The molecular weight excluding hydrogens is 244 g/mol. The standard InChI is InChI=1S/C14H20N2O3/c1-3-11-4-5-12(18-11)13-10-16-14(19-13)6-7-15-8-9-17-2/h4-5,10,15H,3,6-9H2,1-2H3. The van der Waals surface area contributed by atoms with Gasteiger partial charge in [-0.2, -0.15) is 0 Å². The number of nitrogens with zero attached hydrogens (tertiary/aromatic N) is 1. The van der Waals surface area contributed by atoms with E-state index in [1.807, 2.05) is 12.1 Å². The molecule has 0 radical (unpaired) electrons. The number of furan rings is 1. The van der Waals surface area contributed by atoms with Crippen LogP contribution in [0, 0.1) is 0 Å². The molecule has 2 rings (SSSR count). The normalized spacial score (nSPS) is 11.1. The molecule has 104 valence electrons. The molecule has 2 aromatic heterocycles. The Morgan fingerprint density at radius 3 is 2.84 bits per heavy atom. The van der Waals surface area contributed by atoms with E-state index in [-0.39, 0.29) is 0 Å². The molecule has 1 N–H and O–H groups in total. The summed E-state index contributed by atoms with van der Waals surface area (Å²) in [7, 11) is 1.69. The molecule has 0 aliphatic rings. The third kappa shape index (κ3) is 3.94. The Hall–Kier alpha value is -1.59. The van der Waals surface area contributed by atoms with E-state index in [0.717, 1.165) is 43.3 Å². The van der Waals surface area contributed by atoms with Gasteiger partial charge >= 0.3 is 0 Å². The highest BCUT2D eigenvalue weighted by Gasteiger charge is 2.09. The average Bonchev–Trinajstić information content (AvgIpc) is 3.07. The van der Waals surface area contributed by atoms with Crippen LogP contribution in [-0.2, 0) is 17.6 Å². The van der Waals surface area contributed by atoms with E-state index < -0.39 is 0 Å². The van der Waals surface area contributed by atoms with Crippen LogP contribution >= 0.6 is 0 Å². The molecule has 0 unspecified atom stereocenters. The van der Waals surface area contributed by atoms with Crippen LogP contribution in [0.1, 0.15) is 18.6 Å². The number of nitrogens with one attached hydrogen (secondary N) is 1. The monoisotopic (exact) mass is 264 g/mol. The average molecular weight is 264 g/mol. The Bertz CT molecular complexity index is 490. The SMILES string of the molecule is CCc1ccc(-c2cnc(CCNCCOC)o2)o1. The van der Waals surface area contributed by atoms with Crippen LogP contribution in [-0.4, -0.2) is 31.8 Å². The lowest BCUT2D eigenvalue weighted by Crippen LogP contribution is -2.21. The van der Waals surface area contributed by atoms with E-state index in [0.29, 0.717) is 12.4 Å². The number of ether oxygens (including phenoxy) is 1. The molecule has 0 fully saturated rings. The van der Waals surface area contributed by atoms with Gasteiger partial charge in [-0.1, -0.05) is 6.92 Å². The molecule has 5 nitrogen and oxygen atoms in total. The van der Waals surface area contributed by atoms with Crippen LogP contribution in [0.5, 0.6) is 0 Å². The molecule has 0 aliphatic heterocycles. The fraction of sp³-hybridized carbons (Fsp3) is 0.500. The quantitative estimate of drug-likeness (QED) is 0.741. The molecular formula is C14H20N2O3. The number of hydrogen-bond acceptors (Lipinski definition) is 5. The first-order chi connectivity index (χ1) is 9.33. The zero-order valence-electron chi connectivity index (χ0n) is 11.4. The van der Waals surface area contributed by atoms with Gasteiger partial charge in [0.1, 0.15) is 5.76 Å². The summed E-state index contributed by atoms with van der Waals surface area (Å²) < 4.78 is 16.2. The van der Waals surface area contributed by atoms with Crippen LogP contribution in [0.2, 0.25) is 0 Å². The Morgan fingerprint density at radius 2 is 2.11 bits per heavy atom. The van der Waals surface area contributed by atoms with Gasteiger partial charge in [-0.05, 0) is 12.1 Å². The second-order valence-electron chi connectivity index (χ2n) is 4.23. The van der Waals surface area contributed by atoms with Gasteiger partial charge in [0.2, 0.25) is 0 Å². The topological polar surface area (TPSA) is 60.4 Å². The van der Waals surface area contributed by atoms with Crippen molar-refractivity contribution >= 4 is 0 Å². The first-order valence-corrected chi connectivity index (χ1v) is 6.57. The maximum atomic E-state index is 5.66. The highest BCUT2D eigenvalue weighted by Crippen LogP contribution is 2.23. The first kappa shape index (κ1) is 13.8. The summed E-state index contributed by atoms with van der Waals surface area (Å²) in [6.07, 6.45) is 3.35. The molecule has 0 bridgehead atoms. The number of oxazole rings is 1. The summed E-state index contributed by atoms with van der Waals surface area (Å²) in [6, 6.07) is 3.88. The fourth-order valence-corrected chi connectivity index (χ4v) is 1.73. The van der Waals surface area contributed by atoms with Crippen molar-refractivity contribution in [2.24, 2.45) is 0 Å². The van der Waals surface area contributed by atoms with Gasteiger partial charge in [0, 0.05) is 33.0 Å². The summed E-state index contributed by atoms with van der Waals surface area (Å²) in [5, 5.41) is 3.25. The third-order valence-electron chi connectivity index (χ3n) is 2.81. The van der Waals surface area contributed by atoms with Crippen molar-refractivity contribution < 1.29 is 13.6 Å². The summed E-state index contributed by atoms with van der Waals surface area (Å²) in [5.74, 6) is 3.10. The first-order valence-electron chi connectivity index (χ1n) is 6.57. The minimum atomic E-state index is 0.687. The van der Waals surface area contributed by atoms with Crippen molar-refractivity contribution in [2.75, 3.05) is 26.8 Å².